The van der Waals surface area contributed by atoms with Gasteiger partial charge in [0.05, 0.1) is 15.8 Å². The van der Waals surface area contributed by atoms with E-state index in [0.29, 0.717) is 11.5 Å². The van der Waals surface area contributed by atoms with Crippen LogP contribution in [0.15, 0.2) is 58.6 Å². The van der Waals surface area contributed by atoms with Crippen molar-refractivity contribution in [3.8, 4) is 11.5 Å². The summed E-state index contributed by atoms with van der Waals surface area (Å²) in [7, 11) is 0. The third-order valence-corrected chi connectivity index (χ3v) is 5.73. The zero-order chi connectivity index (χ0) is 15.4. The van der Waals surface area contributed by atoms with Crippen molar-refractivity contribution >= 4 is 38.4 Å². The van der Waals surface area contributed by atoms with Crippen molar-refractivity contribution in [3.63, 3.8) is 0 Å². The molecule has 4 nitrogen and oxygen atoms in total. The number of aromatic nitrogens is 1. The maximum absolute atomic E-state index is 12.5. The van der Waals surface area contributed by atoms with Crippen LogP contribution in [0.1, 0.15) is 11.7 Å². The fraction of sp³-hybridized carbons (Fsp3) is 0.0588. The van der Waals surface area contributed by atoms with Gasteiger partial charge < -0.3 is 9.47 Å². The van der Waals surface area contributed by atoms with E-state index in [1.165, 1.54) is 11.3 Å². The molecule has 2 aliphatic heterocycles. The number of benzene rings is 2. The number of hydrogen-bond acceptors (Lipinski definition) is 6. The molecule has 0 saturated heterocycles. The molecule has 0 radical (unpaired) electrons. The van der Waals surface area contributed by atoms with E-state index in [-0.39, 0.29) is 11.2 Å². The summed E-state index contributed by atoms with van der Waals surface area (Å²) < 4.78 is 13.1. The van der Waals surface area contributed by atoms with Gasteiger partial charge in [0.1, 0.15) is 11.5 Å². The minimum Gasteiger partial charge on any atom is -0.481 e. The second-order valence-corrected chi connectivity index (χ2v) is 7.43. The Morgan fingerprint density at radius 1 is 1.13 bits per heavy atom. The fourth-order valence-electron chi connectivity index (χ4n) is 2.68. The van der Waals surface area contributed by atoms with Crippen LogP contribution >= 0.6 is 23.1 Å². The highest BCUT2D eigenvalue weighted by Gasteiger charge is 2.36. The van der Waals surface area contributed by atoms with Crippen molar-refractivity contribution in [3.05, 3.63) is 59.9 Å². The van der Waals surface area contributed by atoms with E-state index in [4.69, 9.17) is 9.47 Å². The largest absolute Gasteiger partial charge is 0.481 e. The highest BCUT2D eigenvalue weighted by molar-refractivity contribution is 8.15. The number of thiazole rings is 1. The second kappa shape index (κ2) is 4.84. The molecule has 0 amide bonds. The van der Waals surface area contributed by atoms with Crippen molar-refractivity contribution in [1.29, 1.82) is 0 Å². The highest BCUT2D eigenvalue weighted by atomic mass is 32.2. The van der Waals surface area contributed by atoms with E-state index in [0.717, 1.165) is 37.6 Å². The third-order valence-electron chi connectivity index (χ3n) is 3.74. The molecular weight excluding hydrogens is 330 g/mol. The average Bonchev–Trinajstić information content (AvgIpc) is 2.94. The Hall–Kier alpha value is -2.31. The Balaban J connectivity index is 1.42. The summed E-state index contributed by atoms with van der Waals surface area (Å²) in [5.74, 6) is 1.84. The zero-order valence-corrected chi connectivity index (χ0v) is 13.3. The number of carbonyl (C=O) groups excluding carboxylic acids is 1. The number of fused-ring (bicyclic) bond motifs is 1. The average molecular weight is 339 g/mol. The van der Waals surface area contributed by atoms with E-state index < -0.39 is 0 Å². The molecule has 0 bridgehead atoms. The van der Waals surface area contributed by atoms with E-state index in [2.05, 4.69) is 4.98 Å². The summed E-state index contributed by atoms with van der Waals surface area (Å²) in [5, 5.41) is -0.157. The first kappa shape index (κ1) is 13.2. The number of hydrogen-bond donors (Lipinski definition) is 0. The topological polar surface area (TPSA) is 48.4 Å². The van der Waals surface area contributed by atoms with Gasteiger partial charge in [0, 0.05) is 6.08 Å². The molecule has 1 unspecified atom stereocenters. The lowest BCUT2D eigenvalue weighted by Crippen LogP contribution is -2.24. The van der Waals surface area contributed by atoms with Crippen LogP contribution in [0.3, 0.4) is 0 Å². The molecule has 2 aliphatic rings. The summed E-state index contributed by atoms with van der Waals surface area (Å²) in [4.78, 5) is 17.0. The van der Waals surface area contributed by atoms with E-state index in [1.807, 2.05) is 42.5 Å². The number of thioether (sulfide) groups is 1. The Morgan fingerprint density at radius 3 is 2.91 bits per heavy atom. The SMILES string of the molecule is O=C(Sc1nc2ccccc2s1)C1=CC2Oc3cccc(c32)O1. The van der Waals surface area contributed by atoms with Gasteiger partial charge in [-0.15, -0.1) is 11.3 Å². The molecule has 3 aromatic rings. The molecule has 5 rings (SSSR count). The number of carbonyl (C=O) groups is 1. The first-order chi connectivity index (χ1) is 11.3. The molecule has 0 N–H and O–H groups in total. The van der Waals surface area contributed by atoms with Crippen LogP contribution in [0.5, 0.6) is 11.5 Å². The van der Waals surface area contributed by atoms with E-state index in [1.54, 1.807) is 6.08 Å². The lowest BCUT2D eigenvalue weighted by Gasteiger charge is -2.34. The van der Waals surface area contributed by atoms with E-state index >= 15 is 0 Å². The monoisotopic (exact) mass is 339 g/mol. The van der Waals surface area contributed by atoms with Crippen LogP contribution in [0, 0.1) is 0 Å². The molecule has 0 saturated carbocycles. The molecule has 1 aromatic heterocycles. The van der Waals surface area contributed by atoms with Gasteiger partial charge in [-0.25, -0.2) is 4.98 Å². The van der Waals surface area contributed by atoms with Gasteiger partial charge in [-0.3, -0.25) is 4.79 Å². The Morgan fingerprint density at radius 2 is 2.00 bits per heavy atom. The molecule has 1 atom stereocenters. The van der Waals surface area contributed by atoms with Gasteiger partial charge in [0.25, 0.3) is 5.12 Å². The van der Waals surface area contributed by atoms with Gasteiger partial charge in [-0.2, -0.15) is 0 Å². The van der Waals surface area contributed by atoms with Crippen molar-refractivity contribution < 1.29 is 14.3 Å². The smallest absolute Gasteiger partial charge is 0.261 e. The quantitative estimate of drug-likeness (QED) is 0.651. The maximum Gasteiger partial charge on any atom is 0.261 e. The maximum atomic E-state index is 12.5. The summed E-state index contributed by atoms with van der Waals surface area (Å²) in [6.45, 7) is 0. The standard InChI is InChI=1S/C17H9NO3S2/c19-16(23-17-18-9-4-1-2-7-14(9)22-17)13-8-12-15-10(20-12)5-3-6-11(15)21-13/h1-8,12H. The van der Waals surface area contributed by atoms with Gasteiger partial charge >= 0.3 is 0 Å². The Labute approximate surface area is 139 Å². The van der Waals surface area contributed by atoms with Crippen LogP contribution in [0.2, 0.25) is 0 Å². The van der Waals surface area contributed by atoms with Crippen molar-refractivity contribution in [2.45, 2.75) is 10.4 Å². The molecule has 6 heteroatoms. The van der Waals surface area contributed by atoms with Gasteiger partial charge in [-0.1, -0.05) is 18.2 Å². The minimum absolute atomic E-state index is 0.157. The summed E-state index contributed by atoms with van der Waals surface area (Å²) in [6, 6.07) is 13.5. The Kier molecular flexibility index (Phi) is 2.77. The first-order valence-electron chi connectivity index (χ1n) is 7.05. The molecule has 3 heterocycles. The van der Waals surface area contributed by atoms with E-state index in [9.17, 15) is 4.79 Å². The third kappa shape index (κ3) is 2.06. The highest BCUT2D eigenvalue weighted by Crippen LogP contribution is 2.49. The van der Waals surface area contributed by atoms with Gasteiger partial charge in [0.15, 0.2) is 16.2 Å². The lowest BCUT2D eigenvalue weighted by molar-refractivity contribution is -0.109. The molecule has 112 valence electrons. The summed E-state index contributed by atoms with van der Waals surface area (Å²) in [5.41, 5.74) is 1.93. The Bertz CT molecular complexity index is 959. The predicted molar refractivity (Wildman–Crippen MR) is 89.0 cm³/mol. The van der Waals surface area contributed by atoms with Crippen LogP contribution in [-0.2, 0) is 4.79 Å². The van der Waals surface area contributed by atoms with Crippen LogP contribution in [0.4, 0.5) is 0 Å². The lowest BCUT2D eigenvalue weighted by atomic mass is 9.99. The molecular formula is C17H9NO3S2. The molecule has 2 aromatic carbocycles. The van der Waals surface area contributed by atoms with Crippen LogP contribution in [-0.4, -0.2) is 10.1 Å². The van der Waals surface area contributed by atoms with Crippen molar-refractivity contribution in [1.82, 2.24) is 4.98 Å². The minimum atomic E-state index is -0.176. The zero-order valence-electron chi connectivity index (χ0n) is 11.7. The molecule has 0 aliphatic carbocycles. The van der Waals surface area contributed by atoms with Crippen LogP contribution in [0.25, 0.3) is 10.2 Å². The van der Waals surface area contributed by atoms with Crippen molar-refractivity contribution in [2.75, 3.05) is 0 Å². The number of rotatable bonds is 2. The number of para-hydroxylation sites is 1. The van der Waals surface area contributed by atoms with Crippen LogP contribution < -0.4 is 9.47 Å². The number of nitrogens with zero attached hydrogens (tertiary/aromatic N) is 1. The molecule has 0 fully saturated rings. The fourth-order valence-corrected chi connectivity index (χ4v) is 4.55. The van der Waals surface area contributed by atoms with Gasteiger partial charge in [-0.05, 0) is 36.0 Å². The second-order valence-electron chi connectivity index (χ2n) is 5.18. The molecule has 0 spiro atoms. The van der Waals surface area contributed by atoms with Crippen molar-refractivity contribution in [2.24, 2.45) is 0 Å². The first-order valence-corrected chi connectivity index (χ1v) is 8.68. The van der Waals surface area contributed by atoms with Gasteiger partial charge in [0.2, 0.25) is 0 Å². The molecule has 23 heavy (non-hydrogen) atoms. The number of ether oxygens (including phenoxy) is 2. The summed E-state index contributed by atoms with van der Waals surface area (Å²) >= 11 is 2.60. The normalized spacial score (nSPS) is 17.6. The predicted octanol–water partition coefficient (Wildman–Crippen LogP) is 4.33. The summed E-state index contributed by atoms with van der Waals surface area (Å²) in [6.07, 6.45) is 1.56.